The van der Waals surface area contributed by atoms with E-state index in [4.69, 9.17) is 9.47 Å². The summed E-state index contributed by atoms with van der Waals surface area (Å²) in [6.45, 7) is 3.26. The smallest absolute Gasteiger partial charge is 0.312 e. The molecule has 0 saturated carbocycles. The predicted molar refractivity (Wildman–Crippen MR) is 79.3 cm³/mol. The molecule has 3 rings (SSSR count). The van der Waals surface area contributed by atoms with E-state index in [0.717, 1.165) is 29.9 Å². The quantitative estimate of drug-likeness (QED) is 0.833. The van der Waals surface area contributed by atoms with Gasteiger partial charge in [-0.3, -0.25) is 4.79 Å². The van der Waals surface area contributed by atoms with Gasteiger partial charge in [-0.1, -0.05) is 0 Å². The fraction of sp³-hybridized carbons (Fsp3) is 0.438. The number of aromatic amines is 1. The van der Waals surface area contributed by atoms with E-state index in [1.54, 1.807) is 7.11 Å². The molecule has 0 unspecified atom stereocenters. The van der Waals surface area contributed by atoms with Gasteiger partial charge in [0.2, 0.25) is 0 Å². The summed E-state index contributed by atoms with van der Waals surface area (Å²) in [5.41, 5.74) is 3.56. The SMILES string of the molecule is CCOC(=O)C[C@@H]1[NH2+]CCc2c1[nH]c1ccc(OC)cc21. The molecule has 0 fully saturated rings. The minimum Gasteiger partial charge on any atom is -0.497 e. The van der Waals surface area contributed by atoms with Crippen LogP contribution in [0.1, 0.15) is 30.6 Å². The zero-order valence-electron chi connectivity index (χ0n) is 12.4. The van der Waals surface area contributed by atoms with E-state index in [1.807, 2.05) is 19.1 Å². The number of hydrogen-bond donors (Lipinski definition) is 2. The maximum Gasteiger partial charge on any atom is 0.312 e. The van der Waals surface area contributed by atoms with Crippen molar-refractivity contribution in [3.8, 4) is 5.75 Å². The zero-order chi connectivity index (χ0) is 14.8. The molecule has 2 aromatic rings. The Bertz CT molecular complexity index is 663. The highest BCUT2D eigenvalue weighted by atomic mass is 16.5. The summed E-state index contributed by atoms with van der Waals surface area (Å²) in [5, 5.41) is 3.41. The number of H-pyrrole nitrogens is 1. The van der Waals surface area contributed by atoms with Crippen molar-refractivity contribution in [2.24, 2.45) is 0 Å². The van der Waals surface area contributed by atoms with Crippen LogP contribution in [0.4, 0.5) is 0 Å². The number of aromatic nitrogens is 1. The lowest BCUT2D eigenvalue weighted by atomic mass is 9.97. The number of carbonyl (C=O) groups excluding carboxylic acids is 1. The monoisotopic (exact) mass is 289 g/mol. The number of benzene rings is 1. The van der Waals surface area contributed by atoms with Gasteiger partial charge in [0, 0.05) is 17.3 Å². The highest BCUT2D eigenvalue weighted by molar-refractivity contribution is 5.86. The summed E-state index contributed by atoms with van der Waals surface area (Å²) in [4.78, 5) is 15.2. The summed E-state index contributed by atoms with van der Waals surface area (Å²) >= 11 is 0. The Hall–Kier alpha value is -2.01. The molecule has 1 aromatic carbocycles. The molecular formula is C16H21N2O3+. The van der Waals surface area contributed by atoms with Crippen LogP contribution in [0, 0.1) is 0 Å². The Kier molecular flexibility index (Phi) is 3.84. The van der Waals surface area contributed by atoms with Crippen molar-refractivity contribution in [3.63, 3.8) is 0 Å². The molecule has 0 spiro atoms. The van der Waals surface area contributed by atoms with Gasteiger partial charge in [-0.05, 0) is 30.7 Å². The normalized spacial score (nSPS) is 17.5. The number of esters is 1. The number of nitrogens with one attached hydrogen (secondary N) is 1. The highest BCUT2D eigenvalue weighted by Crippen LogP contribution is 2.31. The van der Waals surface area contributed by atoms with Gasteiger partial charge in [0.1, 0.15) is 18.2 Å². The number of ether oxygens (including phenoxy) is 2. The maximum atomic E-state index is 11.8. The first-order valence-corrected chi connectivity index (χ1v) is 7.40. The van der Waals surface area contributed by atoms with Gasteiger partial charge in [-0.2, -0.15) is 0 Å². The Morgan fingerprint density at radius 2 is 2.33 bits per heavy atom. The van der Waals surface area contributed by atoms with Crippen molar-refractivity contribution in [2.45, 2.75) is 25.8 Å². The number of fused-ring (bicyclic) bond motifs is 3. The minimum atomic E-state index is -0.136. The third-order valence-corrected chi connectivity index (χ3v) is 4.05. The molecule has 1 aromatic heterocycles. The molecule has 1 aliphatic rings. The van der Waals surface area contributed by atoms with E-state index in [1.165, 1.54) is 10.9 Å². The standard InChI is InChI=1S/C16H20N2O3/c1-3-21-15(19)9-14-16-11(6-7-17-14)12-8-10(20-2)4-5-13(12)18-16/h4-5,8,14,17-18H,3,6-7,9H2,1-2H3/p+1/t14-/m0/s1. The van der Waals surface area contributed by atoms with E-state index in [-0.39, 0.29) is 12.0 Å². The van der Waals surface area contributed by atoms with Crippen molar-refractivity contribution in [1.82, 2.24) is 4.98 Å². The molecule has 2 heterocycles. The number of nitrogens with two attached hydrogens (primary N) is 1. The molecule has 0 radical (unpaired) electrons. The number of hydrogen-bond acceptors (Lipinski definition) is 3. The molecule has 5 nitrogen and oxygen atoms in total. The van der Waals surface area contributed by atoms with Crippen LogP contribution in [0.15, 0.2) is 18.2 Å². The maximum absolute atomic E-state index is 11.8. The minimum absolute atomic E-state index is 0.117. The van der Waals surface area contributed by atoms with Crippen LogP contribution in [0.2, 0.25) is 0 Å². The zero-order valence-corrected chi connectivity index (χ0v) is 12.4. The molecule has 112 valence electrons. The fourth-order valence-corrected chi connectivity index (χ4v) is 3.09. The lowest BCUT2D eigenvalue weighted by molar-refractivity contribution is -0.698. The molecule has 0 aliphatic carbocycles. The third-order valence-electron chi connectivity index (χ3n) is 4.05. The van der Waals surface area contributed by atoms with Gasteiger partial charge in [-0.15, -0.1) is 0 Å². The summed E-state index contributed by atoms with van der Waals surface area (Å²) < 4.78 is 10.4. The van der Waals surface area contributed by atoms with Crippen LogP contribution < -0.4 is 10.1 Å². The lowest BCUT2D eigenvalue weighted by Gasteiger charge is -2.20. The average molecular weight is 289 g/mol. The molecular weight excluding hydrogens is 268 g/mol. The Morgan fingerprint density at radius 1 is 1.48 bits per heavy atom. The Morgan fingerprint density at radius 3 is 3.10 bits per heavy atom. The van der Waals surface area contributed by atoms with E-state index in [9.17, 15) is 4.79 Å². The molecule has 1 atom stereocenters. The molecule has 0 amide bonds. The van der Waals surface area contributed by atoms with Crippen LogP contribution in [0.5, 0.6) is 5.75 Å². The Balaban J connectivity index is 1.96. The third kappa shape index (κ3) is 2.61. The number of carbonyl (C=O) groups is 1. The largest absolute Gasteiger partial charge is 0.497 e. The number of methoxy groups -OCH3 is 1. The van der Waals surface area contributed by atoms with E-state index < -0.39 is 0 Å². The van der Waals surface area contributed by atoms with Crippen LogP contribution in [-0.2, 0) is 16.0 Å². The van der Waals surface area contributed by atoms with Crippen molar-refractivity contribution in [3.05, 3.63) is 29.5 Å². The first-order valence-electron chi connectivity index (χ1n) is 7.40. The Labute approximate surface area is 123 Å². The van der Waals surface area contributed by atoms with Crippen LogP contribution in [-0.4, -0.2) is 31.2 Å². The van der Waals surface area contributed by atoms with Crippen molar-refractivity contribution >= 4 is 16.9 Å². The molecule has 3 N–H and O–H groups in total. The second kappa shape index (κ2) is 5.77. The second-order valence-electron chi connectivity index (χ2n) is 5.32. The molecule has 21 heavy (non-hydrogen) atoms. The molecule has 0 saturated heterocycles. The summed E-state index contributed by atoms with van der Waals surface area (Å²) in [6.07, 6.45) is 1.41. The van der Waals surface area contributed by atoms with Crippen molar-refractivity contribution in [2.75, 3.05) is 20.3 Å². The lowest BCUT2D eigenvalue weighted by Crippen LogP contribution is -2.87. The number of quaternary nitrogens is 1. The average Bonchev–Trinajstić information content (AvgIpc) is 2.86. The van der Waals surface area contributed by atoms with Gasteiger partial charge >= 0.3 is 5.97 Å². The van der Waals surface area contributed by atoms with Crippen LogP contribution in [0.25, 0.3) is 10.9 Å². The summed E-state index contributed by atoms with van der Waals surface area (Å²) in [6, 6.07) is 6.17. The van der Waals surface area contributed by atoms with E-state index in [0.29, 0.717) is 13.0 Å². The van der Waals surface area contributed by atoms with Gasteiger partial charge in [0.25, 0.3) is 0 Å². The van der Waals surface area contributed by atoms with E-state index >= 15 is 0 Å². The first-order chi connectivity index (χ1) is 10.2. The van der Waals surface area contributed by atoms with Crippen molar-refractivity contribution < 1.29 is 19.6 Å². The molecule has 0 bridgehead atoms. The fourth-order valence-electron chi connectivity index (χ4n) is 3.09. The van der Waals surface area contributed by atoms with Gasteiger partial charge in [0.05, 0.1) is 26.0 Å². The second-order valence-corrected chi connectivity index (χ2v) is 5.32. The van der Waals surface area contributed by atoms with Crippen LogP contribution >= 0.6 is 0 Å². The predicted octanol–water partition coefficient (Wildman–Crippen LogP) is 1.29. The van der Waals surface area contributed by atoms with Crippen LogP contribution in [0.3, 0.4) is 0 Å². The van der Waals surface area contributed by atoms with Gasteiger partial charge < -0.3 is 19.8 Å². The van der Waals surface area contributed by atoms with Crippen molar-refractivity contribution in [1.29, 1.82) is 0 Å². The van der Waals surface area contributed by atoms with Gasteiger partial charge in [-0.25, -0.2) is 0 Å². The first kappa shape index (κ1) is 13.9. The topological polar surface area (TPSA) is 67.9 Å². The molecule has 1 aliphatic heterocycles. The summed E-state index contributed by atoms with van der Waals surface area (Å²) in [5.74, 6) is 0.726. The highest BCUT2D eigenvalue weighted by Gasteiger charge is 2.29. The number of rotatable bonds is 4. The molecule has 5 heteroatoms. The van der Waals surface area contributed by atoms with E-state index in [2.05, 4.69) is 16.4 Å². The van der Waals surface area contributed by atoms with Gasteiger partial charge in [0.15, 0.2) is 0 Å². The summed E-state index contributed by atoms with van der Waals surface area (Å²) in [7, 11) is 1.68.